The normalized spacial score (nSPS) is 11.3. The molecule has 3 aromatic carbocycles. The molecule has 0 aliphatic carbocycles. The molecule has 0 heterocycles. The molecule has 0 atom stereocenters. The van der Waals surface area contributed by atoms with Gasteiger partial charge >= 0.3 is 0 Å². The number of sulfonamides is 1. The highest BCUT2D eigenvalue weighted by Crippen LogP contribution is 2.28. The molecule has 1 N–H and O–H groups in total. The van der Waals surface area contributed by atoms with Crippen molar-refractivity contribution in [2.45, 2.75) is 11.4 Å². The van der Waals surface area contributed by atoms with Crippen LogP contribution in [0.4, 0.5) is 5.69 Å². The first-order valence-electron chi connectivity index (χ1n) is 9.69. The molecule has 3 rings (SSSR count). The molecule has 10 heteroatoms. The summed E-state index contributed by atoms with van der Waals surface area (Å²) in [5, 5.41) is 3.57. The molecule has 33 heavy (non-hydrogen) atoms. The van der Waals surface area contributed by atoms with Gasteiger partial charge in [-0.2, -0.15) is 4.31 Å². The van der Waals surface area contributed by atoms with Crippen molar-refractivity contribution in [3.05, 3.63) is 81.8 Å². The minimum atomic E-state index is -3.78. The quantitative estimate of drug-likeness (QED) is 0.458. The van der Waals surface area contributed by atoms with Crippen LogP contribution in [0, 0.1) is 0 Å². The number of carbonyl (C=O) groups is 1. The Morgan fingerprint density at radius 3 is 2.18 bits per heavy atom. The lowest BCUT2D eigenvalue weighted by Crippen LogP contribution is -2.27. The van der Waals surface area contributed by atoms with Gasteiger partial charge in [-0.05, 0) is 60.7 Å². The Bertz CT molecular complexity index is 1260. The van der Waals surface area contributed by atoms with Crippen molar-refractivity contribution in [2.24, 2.45) is 0 Å². The fourth-order valence-electron chi connectivity index (χ4n) is 3.10. The minimum absolute atomic E-state index is 0.0103. The molecule has 0 unspecified atom stereocenters. The smallest absolute Gasteiger partial charge is 0.255 e. The predicted molar refractivity (Wildman–Crippen MR) is 129 cm³/mol. The molecule has 0 aliphatic rings. The van der Waals surface area contributed by atoms with Gasteiger partial charge in [0.1, 0.15) is 11.5 Å². The zero-order chi connectivity index (χ0) is 24.2. The van der Waals surface area contributed by atoms with Crippen LogP contribution in [0.3, 0.4) is 0 Å². The van der Waals surface area contributed by atoms with E-state index in [4.69, 9.17) is 32.7 Å². The van der Waals surface area contributed by atoms with Gasteiger partial charge in [-0.15, -0.1) is 0 Å². The summed E-state index contributed by atoms with van der Waals surface area (Å²) in [6.07, 6.45) is 0. The maximum Gasteiger partial charge on any atom is 0.255 e. The molecular weight excluding hydrogens is 487 g/mol. The molecule has 0 aromatic heterocycles. The van der Waals surface area contributed by atoms with E-state index in [1.165, 1.54) is 49.8 Å². The molecular formula is C23H22Cl2N2O5S. The van der Waals surface area contributed by atoms with E-state index in [2.05, 4.69) is 5.32 Å². The second kappa shape index (κ2) is 10.4. The first kappa shape index (κ1) is 24.9. The van der Waals surface area contributed by atoms with Gasteiger partial charge in [0.2, 0.25) is 10.0 Å². The number of nitrogens with zero attached hydrogens (tertiary/aromatic N) is 1. The number of benzene rings is 3. The van der Waals surface area contributed by atoms with Crippen molar-refractivity contribution in [1.82, 2.24) is 4.31 Å². The van der Waals surface area contributed by atoms with E-state index in [1.54, 1.807) is 36.4 Å². The Morgan fingerprint density at radius 1 is 0.939 bits per heavy atom. The van der Waals surface area contributed by atoms with Crippen molar-refractivity contribution < 1.29 is 22.7 Å². The van der Waals surface area contributed by atoms with E-state index < -0.39 is 10.0 Å². The number of anilines is 1. The summed E-state index contributed by atoms with van der Waals surface area (Å²) in [4.78, 5) is 12.9. The van der Waals surface area contributed by atoms with Gasteiger partial charge in [0.05, 0.1) is 24.1 Å². The van der Waals surface area contributed by atoms with E-state index in [0.717, 1.165) is 0 Å². The number of nitrogens with one attached hydrogen (secondary N) is 1. The van der Waals surface area contributed by atoms with Crippen LogP contribution in [0.25, 0.3) is 0 Å². The minimum Gasteiger partial charge on any atom is -0.496 e. The number of methoxy groups -OCH3 is 2. The number of hydrogen-bond donors (Lipinski definition) is 1. The van der Waals surface area contributed by atoms with Crippen LogP contribution in [-0.2, 0) is 16.6 Å². The van der Waals surface area contributed by atoms with Crippen LogP contribution in [0.15, 0.2) is 65.6 Å². The third kappa shape index (κ3) is 5.78. The summed E-state index contributed by atoms with van der Waals surface area (Å²) >= 11 is 12.0. The summed E-state index contributed by atoms with van der Waals surface area (Å²) in [5.41, 5.74) is 1.35. The highest BCUT2D eigenvalue weighted by Gasteiger charge is 2.23. The van der Waals surface area contributed by atoms with Crippen LogP contribution >= 0.6 is 23.2 Å². The van der Waals surface area contributed by atoms with Gasteiger partial charge in [0.25, 0.3) is 5.91 Å². The maximum absolute atomic E-state index is 12.9. The fraction of sp³-hybridized carbons (Fsp3) is 0.174. The number of carbonyl (C=O) groups excluding carboxylic acids is 1. The Balaban J connectivity index is 1.83. The first-order valence-corrected chi connectivity index (χ1v) is 11.9. The Labute approximate surface area is 202 Å². The van der Waals surface area contributed by atoms with E-state index >= 15 is 0 Å². The number of ether oxygens (including phenoxy) is 2. The zero-order valence-electron chi connectivity index (χ0n) is 18.1. The van der Waals surface area contributed by atoms with Crippen LogP contribution in [0.5, 0.6) is 11.5 Å². The van der Waals surface area contributed by atoms with Gasteiger partial charge in [-0.3, -0.25) is 4.79 Å². The average molecular weight is 509 g/mol. The standard InChI is InChI=1S/C23H22Cl2N2O5S/c1-27(33(29,30)19-8-5-17(24)6-9-19)14-16-12-15(4-10-21(16)31-2)23(28)26-18-7-11-22(32-3)20(25)13-18/h4-13H,14H2,1-3H3,(H,26,28). The lowest BCUT2D eigenvalue weighted by Gasteiger charge is -2.19. The fourth-order valence-corrected chi connectivity index (χ4v) is 4.63. The second-order valence-electron chi connectivity index (χ2n) is 7.05. The van der Waals surface area contributed by atoms with Crippen molar-refractivity contribution in [3.8, 4) is 11.5 Å². The van der Waals surface area contributed by atoms with E-state index in [1.807, 2.05) is 0 Å². The summed E-state index contributed by atoms with van der Waals surface area (Å²) in [6.45, 7) is -0.0103. The first-order chi connectivity index (χ1) is 15.6. The van der Waals surface area contributed by atoms with E-state index in [-0.39, 0.29) is 17.3 Å². The molecule has 3 aromatic rings. The number of rotatable bonds is 8. The van der Waals surface area contributed by atoms with Crippen molar-refractivity contribution in [2.75, 3.05) is 26.6 Å². The van der Waals surface area contributed by atoms with Crippen LogP contribution < -0.4 is 14.8 Å². The number of hydrogen-bond acceptors (Lipinski definition) is 5. The number of amides is 1. The molecule has 0 saturated carbocycles. The summed E-state index contributed by atoms with van der Waals surface area (Å²) < 4.78 is 37.5. The van der Waals surface area contributed by atoms with Crippen molar-refractivity contribution in [3.63, 3.8) is 0 Å². The Hall–Kier alpha value is -2.78. The SMILES string of the molecule is COc1ccc(NC(=O)c2ccc(OC)c(CN(C)S(=O)(=O)c3ccc(Cl)cc3)c2)cc1Cl. The third-order valence-corrected chi connectivity index (χ3v) is 7.23. The highest BCUT2D eigenvalue weighted by molar-refractivity contribution is 7.89. The largest absolute Gasteiger partial charge is 0.496 e. The Kier molecular flexibility index (Phi) is 7.86. The lowest BCUT2D eigenvalue weighted by molar-refractivity contribution is 0.102. The van der Waals surface area contributed by atoms with Crippen LogP contribution in [0.2, 0.25) is 10.0 Å². The Morgan fingerprint density at radius 2 is 1.58 bits per heavy atom. The molecule has 0 spiro atoms. The molecule has 7 nitrogen and oxygen atoms in total. The second-order valence-corrected chi connectivity index (χ2v) is 9.93. The highest BCUT2D eigenvalue weighted by atomic mass is 35.5. The number of halogens is 2. The molecule has 0 bridgehead atoms. The molecule has 0 saturated heterocycles. The van der Waals surface area contributed by atoms with Gasteiger partial charge in [0.15, 0.2) is 0 Å². The van der Waals surface area contributed by atoms with Crippen molar-refractivity contribution in [1.29, 1.82) is 0 Å². The molecule has 0 radical (unpaired) electrons. The summed E-state index contributed by atoms with van der Waals surface area (Å²) in [6, 6.07) is 15.6. The zero-order valence-corrected chi connectivity index (χ0v) is 20.5. The topological polar surface area (TPSA) is 84.9 Å². The van der Waals surface area contributed by atoms with Gasteiger partial charge in [0, 0.05) is 35.4 Å². The molecule has 0 aliphatic heterocycles. The van der Waals surface area contributed by atoms with Crippen molar-refractivity contribution >= 4 is 44.8 Å². The lowest BCUT2D eigenvalue weighted by atomic mass is 10.1. The van der Waals surface area contributed by atoms with Crippen LogP contribution in [0.1, 0.15) is 15.9 Å². The predicted octanol–water partition coefficient (Wildman–Crippen LogP) is 5.08. The van der Waals surface area contributed by atoms with Crippen LogP contribution in [-0.4, -0.2) is 39.9 Å². The average Bonchev–Trinajstić information content (AvgIpc) is 2.79. The van der Waals surface area contributed by atoms with Gasteiger partial charge < -0.3 is 14.8 Å². The molecule has 1 amide bonds. The monoisotopic (exact) mass is 508 g/mol. The third-order valence-electron chi connectivity index (χ3n) is 4.87. The van der Waals surface area contributed by atoms with Gasteiger partial charge in [-0.25, -0.2) is 8.42 Å². The summed E-state index contributed by atoms with van der Waals surface area (Å²) in [7, 11) is 0.654. The maximum atomic E-state index is 12.9. The van der Waals surface area contributed by atoms with E-state index in [0.29, 0.717) is 38.4 Å². The van der Waals surface area contributed by atoms with E-state index in [9.17, 15) is 13.2 Å². The summed E-state index contributed by atoms with van der Waals surface area (Å²) in [5.74, 6) is 0.562. The molecule has 174 valence electrons. The molecule has 0 fully saturated rings. The van der Waals surface area contributed by atoms with Gasteiger partial charge in [-0.1, -0.05) is 23.2 Å².